The number of Topliss-reactive ketones (excluding diaryl/α,β-unsaturated/α-hetero) is 2. The summed E-state index contributed by atoms with van der Waals surface area (Å²) >= 11 is 5.99. The number of fused-ring (bicyclic) bond motifs is 1. The number of nitrogens with zero attached hydrogens (tertiary/aromatic N) is 7. The molecule has 2 aromatic heterocycles. The van der Waals surface area contributed by atoms with Gasteiger partial charge in [0.2, 0.25) is 9.84 Å². The highest BCUT2D eigenvalue weighted by atomic mass is 35.5. The molecular weight excluding hydrogens is 1370 g/mol. The Bertz CT molecular complexity index is 4270. The topological polar surface area (TPSA) is 302 Å². The van der Waals surface area contributed by atoms with Crippen LogP contribution in [0.25, 0.3) is 50.9 Å². The summed E-state index contributed by atoms with van der Waals surface area (Å²) in [5.41, 5.74) is 4.27. The van der Waals surface area contributed by atoms with Crippen molar-refractivity contribution >= 4 is 56.0 Å². The number of aryl methyl sites for hydroxylation is 1. The molecule has 22 nitrogen and oxygen atoms in total. The number of allylic oxidation sites excluding steroid dienone is 2. The Balaban J connectivity index is 0.000000277. The molecule has 0 saturated carbocycles. The number of phenolic OH excluding ortho intramolecular Hbond substituents is 4. The standard InChI is InChI=1S/C40H47N3O10.C23H35NO4S.C17H18ClN3O/c1-7-8-9-10-11-12-19-50-40(49)27(6)53-30-15-18-33(36(48)22-30)39-42-37(31-16-13-28(20-34(31)46)51-25(4)23(2)44)41-38(43-39)32-17-14-29(21-35(32)47)52-26(5)24(3)45;1-4-7-8-9-10-14-20-28-23(25)22(18-15-19-24(5-2)6-3)29(26,27)21-16-12-11-13-17-21;1-10-7-12(17(2,3)4)16(22)15(8-10)21-19-13-6-5-11(18)9-14(13)20-21/h13-18,20-22,25-27,46-48H,7-12,19H2,1-6H3;11-13,15-19H,4-10,14,20H2,1-3H3;5-9,22H,1-4H3/b;19-15+,22-18-;. The van der Waals surface area contributed by atoms with Crippen LogP contribution in [0, 0.1) is 6.92 Å². The number of halogens is 1. The molecule has 0 amide bonds. The van der Waals surface area contributed by atoms with Gasteiger partial charge in [-0.05, 0) is 170 Å². The molecule has 6 aromatic carbocycles. The number of carbonyl (C=O) groups is 4. The molecule has 8 rings (SSSR count). The van der Waals surface area contributed by atoms with Gasteiger partial charge in [-0.3, -0.25) is 9.59 Å². The van der Waals surface area contributed by atoms with Crippen LogP contribution in [0.3, 0.4) is 0 Å². The van der Waals surface area contributed by atoms with E-state index < -0.39 is 40.1 Å². The highest BCUT2D eigenvalue weighted by Crippen LogP contribution is 2.40. The van der Waals surface area contributed by atoms with Crippen LogP contribution in [0.4, 0.5) is 0 Å². The number of hydrogen-bond donors (Lipinski definition) is 4. The first kappa shape index (κ1) is 83.1. The van der Waals surface area contributed by atoms with Crippen LogP contribution in [-0.4, -0.2) is 132 Å². The highest BCUT2D eigenvalue weighted by molar-refractivity contribution is 7.96. The third kappa shape index (κ3) is 24.7. The molecule has 2 heterocycles. The lowest BCUT2D eigenvalue weighted by Crippen LogP contribution is -2.26. The van der Waals surface area contributed by atoms with Gasteiger partial charge in [-0.15, -0.1) is 15.0 Å². The molecular formula is C80H100ClN7O15S. The molecule has 0 saturated heterocycles. The van der Waals surface area contributed by atoms with E-state index in [1.165, 1.54) is 105 Å². The molecule has 104 heavy (non-hydrogen) atoms. The lowest BCUT2D eigenvalue weighted by atomic mass is 9.85. The van der Waals surface area contributed by atoms with E-state index in [2.05, 4.69) is 59.8 Å². The fourth-order valence-corrected chi connectivity index (χ4v) is 11.8. The SMILES string of the molecule is CCCCCCCCOC(=O)/C(=C/C=C/N(CC)CC)S(=O)(=O)c1ccccc1.CCCCCCCCOC(=O)C(C)Oc1ccc(-c2nc(-c3ccc(OC(C)C(C)=O)cc3O)nc(-c3ccc(OC(C)C(C)=O)cc3O)n2)c(O)c1.Cc1cc(-n2nc3ccc(Cl)cc3n2)c(O)c(C(C)(C)C)c1. The van der Waals surface area contributed by atoms with Crippen LogP contribution in [0.1, 0.15) is 171 Å². The van der Waals surface area contributed by atoms with Crippen molar-refractivity contribution in [1.82, 2.24) is 34.8 Å². The number of phenols is 4. The van der Waals surface area contributed by atoms with E-state index >= 15 is 0 Å². The van der Waals surface area contributed by atoms with Crippen molar-refractivity contribution in [2.24, 2.45) is 0 Å². The largest absolute Gasteiger partial charge is 0.507 e. The lowest BCUT2D eigenvalue weighted by Gasteiger charge is -2.22. The molecule has 0 aliphatic heterocycles. The van der Waals surface area contributed by atoms with E-state index in [-0.39, 0.29) is 108 Å². The van der Waals surface area contributed by atoms with E-state index in [0.717, 1.165) is 81.1 Å². The number of rotatable bonds is 34. The Kier molecular flexibility index (Phi) is 32.2. The maximum absolute atomic E-state index is 13.0. The molecule has 4 N–H and O–H groups in total. The molecule has 8 aromatic rings. The van der Waals surface area contributed by atoms with E-state index in [4.69, 9.17) is 35.3 Å². The lowest BCUT2D eigenvalue weighted by molar-refractivity contribution is -0.151. The van der Waals surface area contributed by atoms with Gasteiger partial charge in [-0.25, -0.2) is 33.0 Å². The monoisotopic (exact) mass is 1470 g/mol. The predicted octanol–water partition coefficient (Wildman–Crippen LogP) is 16.9. The van der Waals surface area contributed by atoms with Crippen LogP contribution < -0.4 is 14.2 Å². The Morgan fingerprint density at radius 1 is 0.567 bits per heavy atom. The summed E-state index contributed by atoms with van der Waals surface area (Å²) in [5.74, 6) is -1.67. The van der Waals surface area contributed by atoms with Crippen LogP contribution in [0.5, 0.6) is 40.2 Å². The molecule has 0 radical (unpaired) electrons. The summed E-state index contributed by atoms with van der Waals surface area (Å²) in [7, 11) is -3.95. The molecule has 0 fully saturated rings. The zero-order chi connectivity index (χ0) is 76.3. The third-order valence-electron chi connectivity index (χ3n) is 16.7. The van der Waals surface area contributed by atoms with E-state index in [9.17, 15) is 48.0 Å². The van der Waals surface area contributed by atoms with Gasteiger partial charge in [0.15, 0.2) is 52.3 Å². The van der Waals surface area contributed by atoms with Gasteiger partial charge in [0, 0.05) is 41.9 Å². The second-order valence-electron chi connectivity index (χ2n) is 26.1. The summed E-state index contributed by atoms with van der Waals surface area (Å²) in [4.78, 5) is 65.4. The Morgan fingerprint density at radius 2 is 1.02 bits per heavy atom. The second-order valence-corrected chi connectivity index (χ2v) is 28.5. The third-order valence-corrected chi connectivity index (χ3v) is 18.7. The number of ether oxygens (including phenoxy) is 5. The number of unbranched alkanes of at least 4 members (excludes halogenated alkanes) is 10. The molecule has 3 atom stereocenters. The van der Waals surface area contributed by atoms with Gasteiger partial charge in [0.05, 0.1) is 34.8 Å². The predicted molar refractivity (Wildman–Crippen MR) is 404 cm³/mol. The van der Waals surface area contributed by atoms with Gasteiger partial charge >= 0.3 is 11.9 Å². The van der Waals surface area contributed by atoms with Crippen molar-refractivity contribution in [3.63, 3.8) is 0 Å². The maximum atomic E-state index is 13.0. The van der Waals surface area contributed by atoms with Gasteiger partial charge in [0.1, 0.15) is 57.0 Å². The van der Waals surface area contributed by atoms with E-state index in [1.54, 1.807) is 75.5 Å². The smallest absolute Gasteiger partial charge is 0.350 e. The summed E-state index contributed by atoms with van der Waals surface area (Å²) in [6.07, 6.45) is 15.1. The maximum Gasteiger partial charge on any atom is 0.350 e. The summed E-state index contributed by atoms with van der Waals surface area (Å²) in [6, 6.07) is 30.3. The number of aromatic nitrogens is 6. The van der Waals surface area contributed by atoms with Crippen LogP contribution >= 0.6 is 11.6 Å². The van der Waals surface area contributed by atoms with Gasteiger partial charge < -0.3 is 49.0 Å². The Labute approximate surface area is 616 Å². The number of aromatic hydroxyl groups is 4. The molecule has 0 aliphatic rings. The summed E-state index contributed by atoms with van der Waals surface area (Å²) in [6.45, 7) is 26.2. The number of ketones is 2. The quantitative estimate of drug-likeness (QED) is 0.0126. The number of hydrogen-bond acceptors (Lipinski definition) is 21. The first-order valence-corrected chi connectivity index (χ1v) is 37.3. The van der Waals surface area contributed by atoms with Crippen LogP contribution in [0.2, 0.25) is 5.02 Å². The van der Waals surface area contributed by atoms with E-state index in [1.807, 2.05) is 43.9 Å². The fourth-order valence-electron chi connectivity index (χ4n) is 10.3. The highest BCUT2D eigenvalue weighted by Gasteiger charge is 2.29. The average molecular weight is 1470 g/mol. The summed E-state index contributed by atoms with van der Waals surface area (Å²) in [5, 5.41) is 53.3. The normalized spacial score (nSPS) is 12.5. The number of esters is 2. The molecule has 0 aliphatic carbocycles. The van der Waals surface area contributed by atoms with E-state index in [0.29, 0.717) is 22.8 Å². The number of sulfone groups is 1. The van der Waals surface area contributed by atoms with Gasteiger partial charge in [-0.1, -0.05) is 135 Å². The molecule has 0 bridgehead atoms. The average Bonchev–Trinajstić information content (AvgIpc) is 1.43. The minimum absolute atomic E-state index is 0.0138. The van der Waals surface area contributed by atoms with Crippen molar-refractivity contribution in [2.75, 3.05) is 26.3 Å². The van der Waals surface area contributed by atoms with Gasteiger partial charge in [-0.2, -0.15) is 0 Å². The van der Waals surface area contributed by atoms with Crippen molar-refractivity contribution in [1.29, 1.82) is 0 Å². The van der Waals surface area contributed by atoms with Crippen molar-refractivity contribution in [2.45, 2.75) is 196 Å². The number of benzene rings is 6. The minimum Gasteiger partial charge on any atom is -0.507 e. The number of carbonyl (C=O) groups excluding carboxylic acids is 4. The first-order chi connectivity index (χ1) is 49.5. The van der Waals surface area contributed by atoms with Crippen molar-refractivity contribution in [3.05, 3.63) is 155 Å². The minimum atomic E-state index is -3.95. The molecule has 24 heteroatoms. The Morgan fingerprint density at radius 3 is 1.47 bits per heavy atom. The zero-order valence-electron chi connectivity index (χ0n) is 61.9. The van der Waals surface area contributed by atoms with Crippen molar-refractivity contribution in [3.8, 4) is 80.1 Å². The van der Waals surface area contributed by atoms with Crippen LogP contribution in [0.15, 0.2) is 143 Å². The fraction of sp³-hybridized carbons (Fsp3) is 0.412. The molecule has 3 unspecified atom stereocenters. The van der Waals surface area contributed by atoms with Crippen LogP contribution in [-0.2, 0) is 43.9 Å². The molecule has 558 valence electrons. The van der Waals surface area contributed by atoms with Crippen molar-refractivity contribution < 1.29 is 71.7 Å². The van der Waals surface area contributed by atoms with Gasteiger partial charge in [0.25, 0.3) is 0 Å². The second kappa shape index (κ2) is 40.3. The molecule has 0 spiro atoms. The Hall–Kier alpha value is -9.87. The summed E-state index contributed by atoms with van der Waals surface area (Å²) < 4.78 is 53.6. The zero-order valence-corrected chi connectivity index (χ0v) is 63.5. The first-order valence-electron chi connectivity index (χ1n) is 35.4.